The van der Waals surface area contributed by atoms with E-state index >= 15 is 0 Å². The molecule has 1 aliphatic rings. The molecule has 0 radical (unpaired) electrons. The zero-order valence-corrected chi connectivity index (χ0v) is 7.26. The van der Waals surface area contributed by atoms with Gasteiger partial charge in [0.05, 0.1) is 0 Å². The molecule has 0 saturated heterocycles. The molecule has 1 nitrogen and oxygen atoms in total. The van der Waals surface area contributed by atoms with Gasteiger partial charge in [0.15, 0.2) is 0 Å². The molecule has 0 N–H and O–H groups in total. The van der Waals surface area contributed by atoms with Gasteiger partial charge in [-0.05, 0) is 18.9 Å². The number of nitrogens with zero attached hydrogens (tertiary/aromatic N) is 1. The van der Waals surface area contributed by atoms with Crippen LogP contribution in [0.4, 0.5) is 4.39 Å². The highest BCUT2D eigenvalue weighted by Gasteiger charge is 2.25. The van der Waals surface area contributed by atoms with E-state index in [0.717, 1.165) is 5.57 Å². The average molecular weight is 155 g/mol. The van der Waals surface area contributed by atoms with Crippen LogP contribution in [-0.4, -0.2) is 12.0 Å². The largest absolute Gasteiger partial charge is 0.254 e. The van der Waals surface area contributed by atoms with Gasteiger partial charge in [0.25, 0.3) is 0 Å². The lowest BCUT2D eigenvalue weighted by molar-refractivity contribution is 0.197. The van der Waals surface area contributed by atoms with Gasteiger partial charge in [-0.1, -0.05) is 19.4 Å². The normalized spacial score (nSPS) is 30.8. The summed E-state index contributed by atoms with van der Waals surface area (Å²) in [4.78, 5) is 3.73. The smallest absolute Gasteiger partial charge is 0.200 e. The van der Waals surface area contributed by atoms with E-state index in [1.807, 2.05) is 6.08 Å². The molecule has 0 bridgehead atoms. The van der Waals surface area contributed by atoms with Gasteiger partial charge in [-0.2, -0.15) is 0 Å². The van der Waals surface area contributed by atoms with Crippen LogP contribution in [0.3, 0.4) is 0 Å². The lowest BCUT2D eigenvalue weighted by atomic mass is 9.94. The van der Waals surface area contributed by atoms with Gasteiger partial charge in [-0.15, -0.1) is 0 Å². The molecule has 0 fully saturated rings. The lowest BCUT2D eigenvalue weighted by Crippen LogP contribution is -2.20. The van der Waals surface area contributed by atoms with Crippen molar-refractivity contribution in [1.29, 1.82) is 0 Å². The van der Waals surface area contributed by atoms with Crippen molar-refractivity contribution in [3.63, 3.8) is 0 Å². The van der Waals surface area contributed by atoms with Crippen molar-refractivity contribution in [2.24, 2.45) is 10.9 Å². The summed E-state index contributed by atoms with van der Waals surface area (Å²) in [7, 11) is 0. The van der Waals surface area contributed by atoms with Gasteiger partial charge in [0.2, 0.25) is 5.79 Å². The summed E-state index contributed by atoms with van der Waals surface area (Å²) in [6, 6.07) is 0. The lowest BCUT2D eigenvalue weighted by Gasteiger charge is -2.22. The molecular formula is C9H14FN. The first-order valence-corrected chi connectivity index (χ1v) is 3.94. The second-order valence-corrected chi connectivity index (χ2v) is 3.49. The molecule has 0 aromatic carbocycles. The fourth-order valence-electron chi connectivity index (χ4n) is 1.16. The van der Waals surface area contributed by atoms with Gasteiger partial charge >= 0.3 is 0 Å². The van der Waals surface area contributed by atoms with Crippen LogP contribution < -0.4 is 0 Å². The van der Waals surface area contributed by atoms with Crippen molar-refractivity contribution in [2.75, 3.05) is 0 Å². The van der Waals surface area contributed by atoms with Gasteiger partial charge < -0.3 is 0 Å². The number of aliphatic imine (C=N–C) groups is 1. The highest BCUT2D eigenvalue weighted by atomic mass is 19.1. The molecule has 62 valence electrons. The third-order valence-electron chi connectivity index (χ3n) is 1.90. The van der Waals surface area contributed by atoms with E-state index in [0.29, 0.717) is 12.3 Å². The first-order valence-electron chi connectivity index (χ1n) is 3.94. The Labute approximate surface area is 67.0 Å². The molecule has 2 heteroatoms. The second-order valence-electron chi connectivity index (χ2n) is 3.49. The van der Waals surface area contributed by atoms with Crippen molar-refractivity contribution in [1.82, 2.24) is 0 Å². The van der Waals surface area contributed by atoms with E-state index in [-0.39, 0.29) is 0 Å². The fraction of sp³-hybridized carbons (Fsp3) is 0.667. The Balaban J connectivity index is 2.73. The second kappa shape index (κ2) is 2.76. The molecule has 0 aliphatic carbocycles. The quantitative estimate of drug-likeness (QED) is 0.516. The molecule has 11 heavy (non-hydrogen) atoms. The zero-order chi connectivity index (χ0) is 8.48. The third kappa shape index (κ3) is 2.14. The summed E-state index contributed by atoms with van der Waals surface area (Å²) in [6.45, 7) is 5.65. The fourth-order valence-corrected chi connectivity index (χ4v) is 1.16. The van der Waals surface area contributed by atoms with Crippen molar-refractivity contribution < 1.29 is 4.39 Å². The summed E-state index contributed by atoms with van der Waals surface area (Å²) in [6.07, 6.45) is 3.92. The van der Waals surface area contributed by atoms with E-state index in [1.54, 1.807) is 6.21 Å². The summed E-state index contributed by atoms with van der Waals surface area (Å²) in [5.41, 5.74) is 1.14. The molecule has 0 amide bonds. The van der Waals surface area contributed by atoms with Crippen LogP contribution in [0.25, 0.3) is 0 Å². The highest BCUT2D eigenvalue weighted by molar-refractivity contribution is 5.73. The van der Waals surface area contributed by atoms with E-state index < -0.39 is 5.79 Å². The number of hydrogen-bond donors (Lipinski definition) is 0. The van der Waals surface area contributed by atoms with Crippen molar-refractivity contribution in [3.8, 4) is 0 Å². The topological polar surface area (TPSA) is 12.4 Å². The molecule has 1 atom stereocenters. The summed E-state index contributed by atoms with van der Waals surface area (Å²) >= 11 is 0. The summed E-state index contributed by atoms with van der Waals surface area (Å²) < 4.78 is 13.2. The molecule has 0 aromatic heterocycles. The number of alkyl halides is 1. The minimum Gasteiger partial charge on any atom is -0.254 e. The van der Waals surface area contributed by atoms with E-state index in [1.165, 1.54) is 6.92 Å². The number of hydrogen-bond acceptors (Lipinski definition) is 1. The van der Waals surface area contributed by atoms with Gasteiger partial charge in [-0.3, -0.25) is 4.99 Å². The van der Waals surface area contributed by atoms with Crippen molar-refractivity contribution in [3.05, 3.63) is 11.6 Å². The van der Waals surface area contributed by atoms with Gasteiger partial charge in [-0.25, -0.2) is 4.39 Å². The summed E-state index contributed by atoms with van der Waals surface area (Å²) in [5.74, 6) is -0.939. The van der Waals surface area contributed by atoms with Crippen LogP contribution in [0.1, 0.15) is 27.2 Å². The Morgan fingerprint density at radius 3 is 2.64 bits per heavy atom. The van der Waals surface area contributed by atoms with Crippen LogP contribution in [0.15, 0.2) is 16.6 Å². The molecule has 1 aliphatic heterocycles. The number of halogens is 1. The predicted molar refractivity (Wildman–Crippen MR) is 45.5 cm³/mol. The monoisotopic (exact) mass is 155 g/mol. The third-order valence-corrected chi connectivity index (χ3v) is 1.90. The van der Waals surface area contributed by atoms with Crippen LogP contribution in [0.2, 0.25) is 0 Å². The highest BCUT2D eigenvalue weighted by Crippen LogP contribution is 2.28. The first-order chi connectivity index (χ1) is 5.01. The maximum absolute atomic E-state index is 13.2. The van der Waals surface area contributed by atoms with Crippen LogP contribution >= 0.6 is 0 Å². The van der Waals surface area contributed by atoms with Crippen molar-refractivity contribution in [2.45, 2.75) is 33.0 Å². The Morgan fingerprint density at radius 2 is 2.27 bits per heavy atom. The molecule has 0 saturated carbocycles. The minimum atomic E-state index is -1.37. The Morgan fingerprint density at radius 1 is 1.64 bits per heavy atom. The number of allylic oxidation sites excluding steroid dienone is 1. The Hall–Kier alpha value is -0.660. The minimum absolute atomic E-state index is 0.428. The van der Waals surface area contributed by atoms with Crippen LogP contribution in [-0.2, 0) is 0 Å². The molecule has 1 unspecified atom stereocenters. The first kappa shape index (κ1) is 8.44. The van der Waals surface area contributed by atoms with Gasteiger partial charge in [0.1, 0.15) is 0 Å². The molecule has 1 heterocycles. The standard InChI is InChI=1S/C9H14FN/c1-7(2)8-4-5-11-9(3,10)6-8/h4-5,7H,6H2,1-3H3. The van der Waals surface area contributed by atoms with Crippen LogP contribution in [0.5, 0.6) is 0 Å². The van der Waals surface area contributed by atoms with Crippen molar-refractivity contribution >= 4 is 6.21 Å². The van der Waals surface area contributed by atoms with Crippen LogP contribution in [0, 0.1) is 5.92 Å². The van der Waals surface area contributed by atoms with E-state index in [9.17, 15) is 4.39 Å². The number of rotatable bonds is 1. The van der Waals surface area contributed by atoms with E-state index in [4.69, 9.17) is 0 Å². The van der Waals surface area contributed by atoms with Gasteiger partial charge in [0, 0.05) is 12.6 Å². The SMILES string of the molecule is CC(C)C1=CC=NC(C)(F)C1. The molecular weight excluding hydrogens is 141 g/mol. The average Bonchev–Trinajstić information content (AvgIpc) is 1.85. The molecule has 0 aromatic rings. The Kier molecular flexibility index (Phi) is 2.12. The zero-order valence-electron chi connectivity index (χ0n) is 7.26. The maximum atomic E-state index is 13.2. The predicted octanol–water partition coefficient (Wildman–Crippen LogP) is 2.73. The molecule has 1 rings (SSSR count). The maximum Gasteiger partial charge on any atom is 0.200 e. The number of dihydropyridines is 1. The molecule has 0 spiro atoms. The van der Waals surface area contributed by atoms with E-state index in [2.05, 4.69) is 18.8 Å². The summed E-state index contributed by atoms with van der Waals surface area (Å²) in [5, 5.41) is 0. The Bertz CT molecular complexity index is 202.